The molecule has 298 valence electrons. The molecule has 0 unspecified atom stereocenters. The Hall–Kier alpha value is -7.74. The molecule has 63 heavy (non-hydrogen) atoms. The van der Waals surface area contributed by atoms with Gasteiger partial charge < -0.3 is 4.90 Å². The van der Waals surface area contributed by atoms with E-state index in [1.54, 1.807) is 0 Å². The first-order chi connectivity index (χ1) is 31.0. The number of hydrogen-bond acceptors (Lipinski definition) is 1. The Balaban J connectivity index is 1.15. The van der Waals surface area contributed by atoms with Gasteiger partial charge in [0.05, 0.1) is 11.1 Å². The molecule has 0 saturated carbocycles. The molecule has 0 heterocycles. The summed E-state index contributed by atoms with van der Waals surface area (Å²) in [6.07, 6.45) is 0. The standard InChI is InChI=1S/C62H45N/c1-61(2)55-33-15-12-28-49(55)51-38-36-46(40-57(51)61)63(59-35-17-14-30-53(59)54-32-19-23-43-22-18-31-48(60(43)54)42-20-6-3-7-21-42)47-37-39-52-50-29-13-16-34-56(50)62(58(52)41-47,44-24-8-4-9-25-44)45-26-10-5-11-27-45/h3-41H,1-2H3. The molecule has 0 fully saturated rings. The zero-order chi connectivity index (χ0) is 42.1. The Bertz CT molecular complexity index is 3320. The van der Waals surface area contributed by atoms with Crippen molar-refractivity contribution in [3.63, 3.8) is 0 Å². The molecule has 0 N–H and O–H groups in total. The molecule has 2 aliphatic carbocycles. The maximum Gasteiger partial charge on any atom is 0.0714 e. The van der Waals surface area contributed by atoms with Crippen LogP contribution >= 0.6 is 0 Å². The van der Waals surface area contributed by atoms with Crippen LogP contribution < -0.4 is 4.90 Å². The van der Waals surface area contributed by atoms with Crippen molar-refractivity contribution in [3.8, 4) is 44.5 Å². The fraction of sp³-hybridized carbons (Fsp3) is 0.0645. The second kappa shape index (κ2) is 14.4. The summed E-state index contributed by atoms with van der Waals surface area (Å²) < 4.78 is 0. The predicted molar refractivity (Wildman–Crippen MR) is 264 cm³/mol. The Morgan fingerprint density at radius 3 is 1.43 bits per heavy atom. The summed E-state index contributed by atoms with van der Waals surface area (Å²) in [6, 6.07) is 87.9. The molecule has 0 radical (unpaired) electrons. The molecule has 0 spiro atoms. The van der Waals surface area contributed by atoms with Crippen LogP contribution in [0.1, 0.15) is 47.2 Å². The first-order valence-corrected chi connectivity index (χ1v) is 22.1. The smallest absolute Gasteiger partial charge is 0.0714 e. The van der Waals surface area contributed by atoms with E-state index >= 15 is 0 Å². The van der Waals surface area contributed by atoms with Gasteiger partial charge >= 0.3 is 0 Å². The highest BCUT2D eigenvalue weighted by Crippen LogP contribution is 2.58. The van der Waals surface area contributed by atoms with Gasteiger partial charge in [0.1, 0.15) is 0 Å². The second-order valence-electron chi connectivity index (χ2n) is 17.6. The van der Waals surface area contributed by atoms with E-state index in [0.717, 1.165) is 17.1 Å². The molecule has 0 aliphatic heterocycles. The van der Waals surface area contributed by atoms with Gasteiger partial charge in [-0.15, -0.1) is 0 Å². The quantitative estimate of drug-likeness (QED) is 0.155. The van der Waals surface area contributed by atoms with E-state index in [-0.39, 0.29) is 5.41 Å². The van der Waals surface area contributed by atoms with Crippen molar-refractivity contribution in [1.82, 2.24) is 0 Å². The van der Waals surface area contributed by atoms with Gasteiger partial charge in [0, 0.05) is 22.4 Å². The summed E-state index contributed by atoms with van der Waals surface area (Å²) in [5.74, 6) is 0. The van der Waals surface area contributed by atoms with Crippen LogP contribution in [0.3, 0.4) is 0 Å². The lowest BCUT2D eigenvalue weighted by Crippen LogP contribution is -2.28. The molecule has 10 aromatic carbocycles. The van der Waals surface area contributed by atoms with Crippen molar-refractivity contribution in [2.75, 3.05) is 4.90 Å². The molecule has 2 aliphatic rings. The van der Waals surface area contributed by atoms with E-state index < -0.39 is 5.41 Å². The van der Waals surface area contributed by atoms with Gasteiger partial charge in [-0.3, -0.25) is 0 Å². The SMILES string of the molecule is CC1(C)c2ccccc2-c2ccc(N(c3ccc4c(c3)C(c3ccccc3)(c3ccccc3)c3ccccc3-4)c3ccccc3-c3cccc4cccc(-c5ccccc5)c34)cc21. The van der Waals surface area contributed by atoms with Crippen LogP contribution in [-0.2, 0) is 10.8 Å². The third-order valence-corrected chi connectivity index (χ3v) is 14.0. The summed E-state index contributed by atoms with van der Waals surface area (Å²) in [4.78, 5) is 2.53. The maximum absolute atomic E-state index is 2.53. The number of nitrogens with zero attached hydrogens (tertiary/aromatic N) is 1. The first-order valence-electron chi connectivity index (χ1n) is 22.1. The molecular formula is C62H45N. The normalized spacial score (nSPS) is 13.8. The van der Waals surface area contributed by atoms with Crippen molar-refractivity contribution in [1.29, 1.82) is 0 Å². The number of benzene rings is 10. The van der Waals surface area contributed by atoms with Crippen molar-refractivity contribution < 1.29 is 0 Å². The Labute approximate surface area is 370 Å². The lowest BCUT2D eigenvalue weighted by atomic mass is 9.67. The minimum Gasteiger partial charge on any atom is -0.310 e. The topological polar surface area (TPSA) is 3.24 Å². The number of anilines is 3. The number of rotatable bonds is 7. The summed E-state index contributed by atoms with van der Waals surface area (Å²) >= 11 is 0. The number of hydrogen-bond donors (Lipinski definition) is 0. The number of fused-ring (bicyclic) bond motifs is 7. The Morgan fingerprint density at radius 1 is 0.317 bits per heavy atom. The van der Waals surface area contributed by atoms with E-state index in [0.29, 0.717) is 0 Å². The average molecular weight is 804 g/mol. The molecule has 0 atom stereocenters. The monoisotopic (exact) mass is 803 g/mol. The van der Waals surface area contributed by atoms with Gasteiger partial charge in [0.15, 0.2) is 0 Å². The highest BCUT2D eigenvalue weighted by molar-refractivity contribution is 6.09. The van der Waals surface area contributed by atoms with Gasteiger partial charge in [0.25, 0.3) is 0 Å². The third kappa shape index (κ3) is 5.56. The van der Waals surface area contributed by atoms with Crippen LogP contribution in [0.5, 0.6) is 0 Å². The van der Waals surface area contributed by atoms with E-state index in [1.165, 1.54) is 88.7 Å². The van der Waals surface area contributed by atoms with Crippen LogP contribution in [0, 0.1) is 0 Å². The molecule has 0 amide bonds. The molecule has 10 aromatic rings. The van der Waals surface area contributed by atoms with Crippen LogP contribution in [0.2, 0.25) is 0 Å². The van der Waals surface area contributed by atoms with Gasteiger partial charge in [-0.25, -0.2) is 0 Å². The third-order valence-electron chi connectivity index (χ3n) is 14.0. The molecule has 12 rings (SSSR count). The Morgan fingerprint density at radius 2 is 0.778 bits per heavy atom. The van der Waals surface area contributed by atoms with Crippen molar-refractivity contribution >= 4 is 27.8 Å². The van der Waals surface area contributed by atoms with Crippen LogP contribution in [0.25, 0.3) is 55.3 Å². The largest absolute Gasteiger partial charge is 0.310 e. The van der Waals surface area contributed by atoms with Crippen molar-refractivity contribution in [2.45, 2.75) is 24.7 Å². The molecular weight excluding hydrogens is 759 g/mol. The van der Waals surface area contributed by atoms with E-state index in [4.69, 9.17) is 0 Å². The van der Waals surface area contributed by atoms with Gasteiger partial charge in [-0.05, 0) is 113 Å². The molecule has 0 aromatic heterocycles. The zero-order valence-electron chi connectivity index (χ0n) is 35.5. The fourth-order valence-corrected chi connectivity index (χ4v) is 11.2. The summed E-state index contributed by atoms with van der Waals surface area (Å²) in [7, 11) is 0. The van der Waals surface area contributed by atoms with E-state index in [1.807, 2.05) is 0 Å². The van der Waals surface area contributed by atoms with E-state index in [2.05, 4.69) is 255 Å². The van der Waals surface area contributed by atoms with Crippen LogP contribution in [-0.4, -0.2) is 0 Å². The number of para-hydroxylation sites is 1. The fourth-order valence-electron chi connectivity index (χ4n) is 11.2. The average Bonchev–Trinajstić information content (AvgIpc) is 3.77. The second-order valence-corrected chi connectivity index (χ2v) is 17.6. The Kier molecular flexibility index (Phi) is 8.49. The molecule has 1 nitrogen and oxygen atoms in total. The highest BCUT2D eigenvalue weighted by atomic mass is 15.1. The molecule has 0 saturated heterocycles. The van der Waals surface area contributed by atoms with Crippen molar-refractivity contribution in [3.05, 3.63) is 270 Å². The summed E-state index contributed by atoms with van der Waals surface area (Å²) in [6.45, 7) is 4.75. The lowest BCUT2D eigenvalue weighted by Gasteiger charge is -2.35. The minimum absolute atomic E-state index is 0.164. The molecule has 0 bridgehead atoms. The first kappa shape index (κ1) is 37.1. The van der Waals surface area contributed by atoms with Crippen LogP contribution in [0.15, 0.2) is 237 Å². The highest BCUT2D eigenvalue weighted by Gasteiger charge is 2.46. The van der Waals surface area contributed by atoms with Crippen molar-refractivity contribution in [2.24, 2.45) is 0 Å². The molecule has 1 heteroatoms. The van der Waals surface area contributed by atoms with Gasteiger partial charge in [-0.1, -0.05) is 220 Å². The maximum atomic E-state index is 2.53. The summed E-state index contributed by atoms with van der Waals surface area (Å²) in [5, 5.41) is 2.47. The zero-order valence-corrected chi connectivity index (χ0v) is 35.5. The predicted octanol–water partition coefficient (Wildman–Crippen LogP) is 16.3. The lowest BCUT2D eigenvalue weighted by molar-refractivity contribution is 0.660. The van der Waals surface area contributed by atoms with Crippen LogP contribution in [0.4, 0.5) is 17.1 Å². The van der Waals surface area contributed by atoms with Gasteiger partial charge in [0.2, 0.25) is 0 Å². The summed E-state index contributed by atoms with van der Waals surface area (Å²) in [5.41, 5.74) is 20.5. The van der Waals surface area contributed by atoms with E-state index in [9.17, 15) is 0 Å². The van der Waals surface area contributed by atoms with Gasteiger partial charge in [-0.2, -0.15) is 0 Å². The minimum atomic E-state index is -0.530.